The van der Waals surface area contributed by atoms with Gasteiger partial charge in [-0.25, -0.2) is 8.42 Å². The van der Waals surface area contributed by atoms with Crippen LogP contribution in [0.3, 0.4) is 0 Å². The number of sulfonamides is 1. The molecule has 10 nitrogen and oxygen atoms in total. The third-order valence-electron chi connectivity index (χ3n) is 6.30. The van der Waals surface area contributed by atoms with Gasteiger partial charge in [0.15, 0.2) is 0 Å². The second-order valence-corrected chi connectivity index (χ2v) is 12.1. The lowest BCUT2D eigenvalue weighted by Gasteiger charge is -2.33. The summed E-state index contributed by atoms with van der Waals surface area (Å²) in [5.74, 6) is -0.786. The topological polar surface area (TPSA) is 130 Å². The van der Waals surface area contributed by atoms with Gasteiger partial charge in [0.05, 0.1) is 15.5 Å². The largest absolute Gasteiger partial charge is 0.354 e. The summed E-state index contributed by atoms with van der Waals surface area (Å²) in [6, 6.07) is 18.4. The minimum absolute atomic E-state index is 0.0308. The summed E-state index contributed by atoms with van der Waals surface area (Å²) in [6.07, 6.45) is 0.284. The first-order valence-electron chi connectivity index (χ1n) is 13.1. The molecule has 0 aliphatic heterocycles. The van der Waals surface area contributed by atoms with Crippen LogP contribution in [0.2, 0.25) is 5.02 Å². The van der Waals surface area contributed by atoms with Crippen LogP contribution >= 0.6 is 11.6 Å². The highest BCUT2D eigenvalue weighted by Crippen LogP contribution is 2.27. The predicted molar refractivity (Wildman–Crippen MR) is 158 cm³/mol. The van der Waals surface area contributed by atoms with Crippen molar-refractivity contribution in [3.05, 3.63) is 99.6 Å². The van der Waals surface area contributed by atoms with Crippen molar-refractivity contribution in [1.29, 1.82) is 0 Å². The fraction of sp³-hybridized carbons (Fsp3) is 0.310. The van der Waals surface area contributed by atoms with Gasteiger partial charge >= 0.3 is 0 Å². The predicted octanol–water partition coefficient (Wildman–Crippen LogP) is 5.02. The van der Waals surface area contributed by atoms with E-state index in [4.69, 9.17) is 11.6 Å². The Labute approximate surface area is 245 Å². The summed E-state index contributed by atoms with van der Waals surface area (Å²) in [7, 11) is -4.27. The first-order chi connectivity index (χ1) is 19.4. The lowest BCUT2D eigenvalue weighted by atomic mass is 10.1. The average molecular weight is 601 g/mol. The van der Waals surface area contributed by atoms with E-state index in [2.05, 4.69) is 5.32 Å². The van der Waals surface area contributed by atoms with Gasteiger partial charge in [0.1, 0.15) is 12.6 Å². The van der Waals surface area contributed by atoms with Crippen LogP contribution in [0.4, 0.5) is 11.4 Å². The fourth-order valence-electron chi connectivity index (χ4n) is 4.12. The van der Waals surface area contributed by atoms with E-state index < -0.39 is 33.4 Å². The monoisotopic (exact) mass is 600 g/mol. The summed E-state index contributed by atoms with van der Waals surface area (Å²) < 4.78 is 28.5. The molecule has 3 aromatic rings. The molecular formula is C29H33ClN4O6S. The Morgan fingerprint density at radius 3 is 2.12 bits per heavy atom. The Kier molecular flexibility index (Phi) is 10.8. The van der Waals surface area contributed by atoms with Crippen molar-refractivity contribution >= 4 is 44.8 Å². The van der Waals surface area contributed by atoms with Crippen molar-refractivity contribution in [1.82, 2.24) is 10.2 Å². The van der Waals surface area contributed by atoms with Crippen LogP contribution in [0.1, 0.15) is 32.8 Å². The van der Waals surface area contributed by atoms with Crippen molar-refractivity contribution < 1.29 is 22.9 Å². The van der Waals surface area contributed by atoms with Gasteiger partial charge in [-0.1, -0.05) is 62.7 Å². The molecule has 0 saturated carbocycles. The second kappa shape index (κ2) is 14.1. The van der Waals surface area contributed by atoms with E-state index in [1.807, 2.05) is 13.8 Å². The molecule has 41 heavy (non-hydrogen) atoms. The molecule has 0 heterocycles. The normalized spacial score (nSPS) is 12.0. The van der Waals surface area contributed by atoms with Gasteiger partial charge in [-0.2, -0.15) is 0 Å². The number of anilines is 1. The first kappa shape index (κ1) is 31.6. The minimum atomic E-state index is -4.27. The number of carbonyl (C=O) groups excluding carboxylic acids is 2. The lowest BCUT2D eigenvalue weighted by Crippen LogP contribution is -2.52. The molecule has 0 aromatic heterocycles. The molecule has 0 saturated heterocycles. The van der Waals surface area contributed by atoms with Crippen LogP contribution in [-0.4, -0.2) is 49.2 Å². The molecule has 2 amide bonds. The van der Waals surface area contributed by atoms with Gasteiger partial charge in [-0.3, -0.25) is 24.0 Å². The molecule has 0 fully saturated rings. The van der Waals surface area contributed by atoms with Gasteiger partial charge in [-0.05, 0) is 54.3 Å². The number of hydrogen-bond acceptors (Lipinski definition) is 6. The zero-order valence-corrected chi connectivity index (χ0v) is 24.6. The van der Waals surface area contributed by atoms with Gasteiger partial charge < -0.3 is 10.2 Å². The second-order valence-electron chi connectivity index (χ2n) is 9.81. The van der Waals surface area contributed by atoms with Gasteiger partial charge in [0.2, 0.25) is 11.8 Å². The van der Waals surface area contributed by atoms with Crippen molar-refractivity contribution in [2.75, 3.05) is 17.4 Å². The standard InChI is InChI=1S/C29H33ClN4O6S/c1-4-27(29(36)31-18-21(2)3)32(19-22-10-12-23(30)13-11-22)28(35)20-33(24-14-16-25(17-15-24)34(37)38)41(39,40)26-8-6-5-7-9-26/h5-17,21,27H,4,18-20H2,1-3H3,(H,31,36)/t27-/m1/s1. The third-order valence-corrected chi connectivity index (χ3v) is 8.34. The zero-order valence-electron chi connectivity index (χ0n) is 23.1. The third kappa shape index (κ3) is 8.27. The molecule has 0 aliphatic carbocycles. The van der Waals surface area contributed by atoms with E-state index in [0.29, 0.717) is 17.1 Å². The minimum Gasteiger partial charge on any atom is -0.354 e. The summed E-state index contributed by atoms with van der Waals surface area (Å²) in [4.78, 5) is 39.1. The number of nitrogens with zero attached hydrogens (tertiary/aromatic N) is 3. The number of halogens is 1. The molecule has 0 bridgehead atoms. The fourth-order valence-corrected chi connectivity index (χ4v) is 5.68. The first-order valence-corrected chi connectivity index (χ1v) is 14.9. The number of nitro groups is 1. The van der Waals surface area contributed by atoms with Gasteiger partial charge in [0, 0.05) is 30.2 Å². The molecule has 0 radical (unpaired) electrons. The molecule has 0 unspecified atom stereocenters. The molecule has 0 spiro atoms. The number of carbonyl (C=O) groups is 2. The summed E-state index contributed by atoms with van der Waals surface area (Å²) >= 11 is 6.04. The lowest BCUT2D eigenvalue weighted by molar-refractivity contribution is -0.384. The van der Waals surface area contributed by atoms with Crippen LogP contribution < -0.4 is 9.62 Å². The van der Waals surface area contributed by atoms with Gasteiger partial charge in [0.25, 0.3) is 15.7 Å². The SMILES string of the molecule is CC[C@H](C(=O)NCC(C)C)N(Cc1ccc(Cl)cc1)C(=O)CN(c1ccc([N+](=O)[O-])cc1)S(=O)(=O)c1ccccc1. The van der Waals surface area contributed by atoms with Crippen LogP contribution in [0.25, 0.3) is 0 Å². The Morgan fingerprint density at radius 1 is 0.976 bits per heavy atom. The Hall–Kier alpha value is -3.96. The number of benzene rings is 3. The molecule has 0 aliphatic rings. The van der Waals surface area contributed by atoms with Crippen molar-refractivity contribution in [2.24, 2.45) is 5.92 Å². The summed E-state index contributed by atoms with van der Waals surface area (Å²) in [5.41, 5.74) is 0.539. The Morgan fingerprint density at radius 2 is 1.59 bits per heavy atom. The number of nitrogens with one attached hydrogen (secondary N) is 1. The number of nitro benzene ring substituents is 1. The van der Waals surface area contributed by atoms with E-state index in [9.17, 15) is 28.1 Å². The highest BCUT2D eigenvalue weighted by Gasteiger charge is 2.33. The number of non-ortho nitro benzene ring substituents is 1. The van der Waals surface area contributed by atoms with Crippen LogP contribution in [0.5, 0.6) is 0 Å². The van der Waals surface area contributed by atoms with E-state index in [-0.39, 0.29) is 41.1 Å². The van der Waals surface area contributed by atoms with Crippen molar-refractivity contribution in [2.45, 2.75) is 44.7 Å². The summed E-state index contributed by atoms with van der Waals surface area (Å²) in [6.45, 7) is 5.48. The molecule has 3 aromatic carbocycles. The molecule has 12 heteroatoms. The van der Waals surface area contributed by atoms with Crippen LogP contribution in [-0.2, 0) is 26.2 Å². The molecule has 3 rings (SSSR count). The molecular weight excluding hydrogens is 568 g/mol. The van der Waals surface area contributed by atoms with E-state index in [1.165, 1.54) is 41.3 Å². The average Bonchev–Trinajstić information content (AvgIpc) is 2.96. The molecule has 218 valence electrons. The van der Waals surface area contributed by atoms with Crippen molar-refractivity contribution in [3.63, 3.8) is 0 Å². The van der Waals surface area contributed by atoms with Gasteiger partial charge in [-0.15, -0.1) is 0 Å². The van der Waals surface area contributed by atoms with Crippen LogP contribution in [0.15, 0.2) is 83.8 Å². The Balaban J connectivity index is 2.05. The summed E-state index contributed by atoms with van der Waals surface area (Å²) in [5, 5.41) is 14.6. The zero-order chi connectivity index (χ0) is 30.2. The maximum absolute atomic E-state index is 14.0. The molecule has 1 N–H and O–H groups in total. The number of rotatable bonds is 13. The maximum atomic E-state index is 14.0. The number of hydrogen-bond donors (Lipinski definition) is 1. The highest BCUT2D eigenvalue weighted by atomic mass is 35.5. The highest BCUT2D eigenvalue weighted by molar-refractivity contribution is 7.92. The Bertz CT molecular complexity index is 1450. The maximum Gasteiger partial charge on any atom is 0.269 e. The quantitative estimate of drug-likeness (QED) is 0.216. The van der Waals surface area contributed by atoms with E-state index >= 15 is 0 Å². The van der Waals surface area contributed by atoms with Crippen LogP contribution in [0, 0.1) is 16.0 Å². The van der Waals surface area contributed by atoms with E-state index in [0.717, 1.165) is 4.31 Å². The smallest absolute Gasteiger partial charge is 0.269 e. The van der Waals surface area contributed by atoms with E-state index in [1.54, 1.807) is 49.4 Å². The van der Waals surface area contributed by atoms with Crippen molar-refractivity contribution in [3.8, 4) is 0 Å². The molecule has 1 atom stereocenters. The number of amides is 2.